The molecule has 1 aliphatic heterocycles. The van der Waals surface area contributed by atoms with Crippen LogP contribution in [0.15, 0.2) is 72.8 Å². The van der Waals surface area contributed by atoms with Crippen molar-refractivity contribution in [1.82, 2.24) is 10.2 Å². The molecule has 0 aliphatic carbocycles. The normalized spacial score (nSPS) is 13.8. The first-order chi connectivity index (χ1) is 17.5. The van der Waals surface area contributed by atoms with Gasteiger partial charge in [-0.3, -0.25) is 14.5 Å². The van der Waals surface area contributed by atoms with Crippen molar-refractivity contribution in [3.05, 3.63) is 101 Å². The zero-order valence-corrected chi connectivity index (χ0v) is 21.2. The van der Waals surface area contributed by atoms with E-state index in [-0.39, 0.29) is 11.8 Å². The van der Waals surface area contributed by atoms with Crippen LogP contribution in [0.5, 0.6) is 0 Å². The van der Waals surface area contributed by atoms with Crippen molar-refractivity contribution in [2.24, 2.45) is 0 Å². The molecule has 0 unspecified atom stereocenters. The molecule has 1 saturated heterocycles. The Labute approximate surface area is 213 Å². The van der Waals surface area contributed by atoms with Crippen LogP contribution in [-0.4, -0.2) is 56.1 Å². The molecule has 1 fully saturated rings. The number of hydrogen-bond donors (Lipinski definition) is 1. The van der Waals surface area contributed by atoms with Gasteiger partial charge in [-0.25, -0.2) is 0 Å². The molecule has 2 amide bonds. The molecule has 0 atom stereocenters. The summed E-state index contributed by atoms with van der Waals surface area (Å²) in [5.74, 6) is -0.0477. The minimum Gasteiger partial charge on any atom is -0.379 e. The van der Waals surface area contributed by atoms with Crippen LogP contribution in [-0.2, 0) is 22.5 Å². The summed E-state index contributed by atoms with van der Waals surface area (Å²) in [6, 6.07) is 23.6. The number of carbonyl (C=O) groups is 2. The topological polar surface area (TPSA) is 61.9 Å². The number of amides is 2. The molecule has 0 saturated carbocycles. The average Bonchev–Trinajstić information content (AvgIpc) is 2.89. The molecule has 3 aromatic carbocycles. The number of benzene rings is 3. The van der Waals surface area contributed by atoms with Crippen LogP contribution in [0, 0.1) is 13.8 Å². The first kappa shape index (κ1) is 25.6. The molecule has 3 aromatic rings. The Hall–Kier alpha value is -3.48. The SMILES string of the molecule is Cc1ccc(C(=O)N(Cc2cccc(C)c2)c2ccc(CC(=O)NCCN3CCOCC3)cc2)cc1. The smallest absolute Gasteiger partial charge is 0.258 e. The van der Waals surface area contributed by atoms with E-state index in [0.29, 0.717) is 25.1 Å². The number of ether oxygens (including phenoxy) is 1. The van der Waals surface area contributed by atoms with Crippen molar-refractivity contribution in [3.63, 3.8) is 0 Å². The van der Waals surface area contributed by atoms with E-state index in [1.54, 1.807) is 4.90 Å². The maximum Gasteiger partial charge on any atom is 0.258 e. The van der Waals surface area contributed by atoms with E-state index in [2.05, 4.69) is 29.3 Å². The molecule has 188 valence electrons. The Morgan fingerprint density at radius 2 is 1.61 bits per heavy atom. The average molecular weight is 486 g/mol. The van der Waals surface area contributed by atoms with Gasteiger partial charge < -0.3 is 15.0 Å². The van der Waals surface area contributed by atoms with Crippen LogP contribution in [0.2, 0.25) is 0 Å². The maximum atomic E-state index is 13.5. The second-order valence-electron chi connectivity index (χ2n) is 9.39. The van der Waals surface area contributed by atoms with Gasteiger partial charge in [0, 0.05) is 37.4 Å². The fraction of sp³-hybridized carbons (Fsp3) is 0.333. The molecule has 1 N–H and O–H groups in total. The van der Waals surface area contributed by atoms with E-state index in [0.717, 1.165) is 60.8 Å². The first-order valence-corrected chi connectivity index (χ1v) is 12.6. The number of carbonyl (C=O) groups excluding carboxylic acids is 2. The summed E-state index contributed by atoms with van der Waals surface area (Å²) >= 11 is 0. The van der Waals surface area contributed by atoms with Crippen LogP contribution < -0.4 is 10.2 Å². The van der Waals surface area contributed by atoms with Crippen molar-refractivity contribution in [2.45, 2.75) is 26.8 Å². The number of nitrogens with one attached hydrogen (secondary N) is 1. The Bertz CT molecular complexity index is 1150. The number of morpholine rings is 1. The molecule has 6 heteroatoms. The van der Waals surface area contributed by atoms with Crippen molar-refractivity contribution < 1.29 is 14.3 Å². The van der Waals surface area contributed by atoms with Gasteiger partial charge in [-0.2, -0.15) is 0 Å². The third kappa shape index (κ3) is 7.26. The molecular weight excluding hydrogens is 450 g/mol. The number of aryl methyl sites for hydroxylation is 2. The number of hydrogen-bond acceptors (Lipinski definition) is 4. The third-order valence-electron chi connectivity index (χ3n) is 6.43. The molecule has 1 aliphatic rings. The van der Waals surface area contributed by atoms with E-state index >= 15 is 0 Å². The van der Waals surface area contributed by atoms with Crippen LogP contribution in [0.25, 0.3) is 0 Å². The summed E-state index contributed by atoms with van der Waals surface area (Å²) in [5, 5.41) is 3.01. The standard InChI is InChI=1S/C30H35N3O3/c1-23-6-10-27(11-7-23)30(35)33(22-26-5-3-4-24(2)20-26)28-12-8-25(9-13-28)21-29(34)31-14-15-32-16-18-36-19-17-32/h3-13,20H,14-19,21-22H2,1-2H3,(H,31,34). The second kappa shape index (κ2) is 12.5. The lowest BCUT2D eigenvalue weighted by Gasteiger charge is -2.26. The second-order valence-corrected chi connectivity index (χ2v) is 9.39. The van der Waals surface area contributed by atoms with Crippen molar-refractivity contribution >= 4 is 17.5 Å². The predicted octanol–water partition coefficient (Wildman–Crippen LogP) is 4.14. The molecule has 0 spiro atoms. The van der Waals surface area contributed by atoms with Gasteiger partial charge in [-0.1, -0.05) is 59.7 Å². The zero-order valence-electron chi connectivity index (χ0n) is 21.2. The molecule has 0 radical (unpaired) electrons. The van der Waals surface area contributed by atoms with E-state index in [1.165, 1.54) is 0 Å². The Morgan fingerprint density at radius 1 is 0.889 bits per heavy atom. The molecular formula is C30H35N3O3. The van der Waals surface area contributed by atoms with Crippen molar-refractivity contribution in [2.75, 3.05) is 44.3 Å². The molecule has 36 heavy (non-hydrogen) atoms. The summed E-state index contributed by atoms with van der Waals surface area (Å²) < 4.78 is 5.36. The zero-order chi connectivity index (χ0) is 25.3. The largest absolute Gasteiger partial charge is 0.379 e. The van der Waals surface area contributed by atoms with Gasteiger partial charge in [0.05, 0.1) is 26.2 Å². The Balaban J connectivity index is 1.42. The van der Waals surface area contributed by atoms with Crippen molar-refractivity contribution in [1.29, 1.82) is 0 Å². The van der Waals surface area contributed by atoms with E-state index < -0.39 is 0 Å². The highest BCUT2D eigenvalue weighted by molar-refractivity contribution is 6.06. The van der Waals surface area contributed by atoms with Crippen molar-refractivity contribution in [3.8, 4) is 0 Å². The fourth-order valence-corrected chi connectivity index (χ4v) is 4.35. The highest BCUT2D eigenvalue weighted by atomic mass is 16.5. The Kier molecular flexibility index (Phi) is 8.87. The highest BCUT2D eigenvalue weighted by Gasteiger charge is 2.19. The highest BCUT2D eigenvalue weighted by Crippen LogP contribution is 2.22. The Morgan fingerprint density at radius 3 is 2.31 bits per heavy atom. The maximum absolute atomic E-state index is 13.5. The quantitative estimate of drug-likeness (QED) is 0.495. The van der Waals surface area contributed by atoms with Crippen LogP contribution in [0.1, 0.15) is 32.6 Å². The van der Waals surface area contributed by atoms with Gasteiger partial charge in [-0.05, 0) is 49.2 Å². The third-order valence-corrected chi connectivity index (χ3v) is 6.43. The lowest BCUT2D eigenvalue weighted by Crippen LogP contribution is -2.41. The molecule has 4 rings (SSSR count). The minimum atomic E-state index is -0.0508. The summed E-state index contributed by atoms with van der Waals surface area (Å²) in [5.41, 5.74) is 5.71. The van der Waals surface area contributed by atoms with E-state index in [9.17, 15) is 9.59 Å². The summed E-state index contributed by atoms with van der Waals surface area (Å²) in [4.78, 5) is 30.1. The monoisotopic (exact) mass is 485 g/mol. The number of nitrogens with zero attached hydrogens (tertiary/aromatic N) is 2. The van der Waals surface area contributed by atoms with Gasteiger partial charge in [-0.15, -0.1) is 0 Å². The molecule has 6 nitrogen and oxygen atoms in total. The predicted molar refractivity (Wildman–Crippen MR) is 143 cm³/mol. The summed E-state index contributed by atoms with van der Waals surface area (Å²) in [6.45, 7) is 9.34. The first-order valence-electron chi connectivity index (χ1n) is 12.6. The van der Waals surface area contributed by atoms with Gasteiger partial charge in [0.1, 0.15) is 0 Å². The molecule has 0 aromatic heterocycles. The number of anilines is 1. The van der Waals surface area contributed by atoms with Gasteiger partial charge in [0.25, 0.3) is 5.91 Å². The lowest BCUT2D eigenvalue weighted by atomic mass is 10.1. The van der Waals surface area contributed by atoms with Crippen LogP contribution in [0.4, 0.5) is 5.69 Å². The van der Waals surface area contributed by atoms with E-state index in [4.69, 9.17) is 4.74 Å². The summed E-state index contributed by atoms with van der Waals surface area (Å²) in [7, 11) is 0. The van der Waals surface area contributed by atoms with Gasteiger partial charge >= 0.3 is 0 Å². The molecule has 1 heterocycles. The van der Waals surface area contributed by atoms with Crippen LogP contribution in [0.3, 0.4) is 0 Å². The van der Waals surface area contributed by atoms with Gasteiger partial charge in [0.15, 0.2) is 0 Å². The van der Waals surface area contributed by atoms with Crippen LogP contribution >= 0.6 is 0 Å². The van der Waals surface area contributed by atoms with Gasteiger partial charge in [0.2, 0.25) is 5.91 Å². The lowest BCUT2D eigenvalue weighted by molar-refractivity contribution is -0.120. The minimum absolute atomic E-state index is 0.00311. The molecule has 0 bridgehead atoms. The summed E-state index contributed by atoms with van der Waals surface area (Å²) in [6.07, 6.45) is 0.313. The fourth-order valence-electron chi connectivity index (χ4n) is 4.35. The van der Waals surface area contributed by atoms with E-state index in [1.807, 2.05) is 67.6 Å². The number of rotatable bonds is 9.